The van der Waals surface area contributed by atoms with Crippen LogP contribution in [0.15, 0.2) is 53.0 Å². The van der Waals surface area contributed by atoms with Gasteiger partial charge in [-0.3, -0.25) is 0 Å². The normalized spacial score (nSPS) is 23.1. The fourth-order valence-electron chi connectivity index (χ4n) is 4.29. The number of ether oxygens (including phenoxy) is 1. The molecule has 3 atom stereocenters. The second-order valence-electron chi connectivity index (χ2n) is 7.20. The molecule has 5 rings (SSSR count). The first-order chi connectivity index (χ1) is 14.5. The van der Waals surface area contributed by atoms with Crippen molar-refractivity contribution in [3.8, 4) is 23.8 Å². The summed E-state index contributed by atoms with van der Waals surface area (Å²) in [7, 11) is 0. The number of fused-ring (bicyclic) bond motifs is 2. The second-order valence-corrected chi connectivity index (χ2v) is 8.12. The molecule has 0 bridgehead atoms. The van der Waals surface area contributed by atoms with Crippen molar-refractivity contribution < 1.29 is 9.84 Å². The van der Waals surface area contributed by atoms with Crippen LogP contribution in [0.2, 0.25) is 0 Å². The van der Waals surface area contributed by atoms with E-state index in [1.165, 1.54) is 0 Å². The quantitative estimate of drug-likeness (QED) is 0.502. The van der Waals surface area contributed by atoms with Crippen LogP contribution in [0.3, 0.4) is 0 Å². The average Bonchev–Trinajstić information content (AvgIpc) is 2.74. The Balaban J connectivity index is 1.87. The molecule has 3 heterocycles. The van der Waals surface area contributed by atoms with E-state index in [-0.39, 0.29) is 17.3 Å². The Morgan fingerprint density at radius 1 is 1.20 bits per heavy atom. The van der Waals surface area contributed by atoms with Gasteiger partial charge in [0.1, 0.15) is 29.1 Å². The average molecular weight is 460 g/mol. The van der Waals surface area contributed by atoms with Gasteiger partial charge in [0.25, 0.3) is 0 Å². The lowest BCUT2D eigenvalue weighted by Crippen LogP contribution is -2.49. The molecule has 0 spiro atoms. The van der Waals surface area contributed by atoms with Crippen LogP contribution in [0.5, 0.6) is 11.6 Å². The van der Waals surface area contributed by atoms with Crippen molar-refractivity contribution in [3.05, 3.63) is 75.3 Å². The van der Waals surface area contributed by atoms with Gasteiger partial charge in [0.15, 0.2) is 5.72 Å². The van der Waals surface area contributed by atoms with E-state index in [0.29, 0.717) is 22.6 Å². The van der Waals surface area contributed by atoms with Gasteiger partial charge in [-0.1, -0.05) is 46.3 Å². The summed E-state index contributed by atoms with van der Waals surface area (Å²) >= 11 is 3.47. The smallest absolute Gasteiger partial charge is 0.227 e. The van der Waals surface area contributed by atoms with Crippen LogP contribution >= 0.6 is 15.9 Å². The van der Waals surface area contributed by atoms with E-state index in [4.69, 9.17) is 10.5 Å². The summed E-state index contributed by atoms with van der Waals surface area (Å²) in [6, 6.07) is 18.7. The molecule has 0 radical (unpaired) electrons. The van der Waals surface area contributed by atoms with Crippen molar-refractivity contribution in [2.24, 2.45) is 5.92 Å². The van der Waals surface area contributed by atoms with Gasteiger partial charge in [-0.25, -0.2) is 0 Å². The molecular weight excluding hydrogens is 446 g/mol. The number of pyridine rings is 1. The molecule has 2 aliphatic heterocycles. The first-order valence-electron chi connectivity index (χ1n) is 9.14. The van der Waals surface area contributed by atoms with Crippen LogP contribution in [0.1, 0.15) is 28.2 Å². The molecule has 146 valence electrons. The van der Waals surface area contributed by atoms with Crippen molar-refractivity contribution in [1.29, 1.82) is 10.5 Å². The summed E-state index contributed by atoms with van der Waals surface area (Å²) in [4.78, 5) is 4.28. The number of nitriles is 2. The van der Waals surface area contributed by atoms with E-state index in [0.717, 1.165) is 10.0 Å². The summed E-state index contributed by atoms with van der Waals surface area (Å²) in [6.45, 7) is 0. The Kier molecular flexibility index (Phi) is 3.97. The number of halogens is 1. The van der Waals surface area contributed by atoms with Gasteiger partial charge in [0.05, 0.1) is 11.8 Å². The van der Waals surface area contributed by atoms with E-state index in [1.807, 2.05) is 18.2 Å². The summed E-state index contributed by atoms with van der Waals surface area (Å²) in [6.07, 6.45) is 0. The molecule has 2 aliphatic rings. The minimum absolute atomic E-state index is 0.0103. The Labute approximate surface area is 180 Å². The molecule has 1 aromatic heterocycles. The van der Waals surface area contributed by atoms with E-state index >= 15 is 0 Å². The van der Waals surface area contributed by atoms with Crippen molar-refractivity contribution >= 4 is 27.4 Å². The number of aliphatic hydroxyl groups is 1. The Morgan fingerprint density at radius 3 is 2.67 bits per heavy atom. The molecule has 7 nitrogen and oxygen atoms in total. The van der Waals surface area contributed by atoms with Gasteiger partial charge in [0, 0.05) is 27.1 Å². The van der Waals surface area contributed by atoms with E-state index in [1.54, 1.807) is 30.3 Å². The molecule has 0 saturated carbocycles. The predicted octanol–water partition coefficient (Wildman–Crippen LogP) is 3.95. The molecule has 4 N–H and O–H groups in total. The Morgan fingerprint density at radius 2 is 1.97 bits per heavy atom. The summed E-state index contributed by atoms with van der Waals surface area (Å²) in [5.74, 6) is -0.781. The van der Waals surface area contributed by atoms with Crippen molar-refractivity contribution in [1.82, 2.24) is 4.98 Å². The fraction of sp³-hybridized carbons (Fsp3) is 0.136. The molecule has 0 saturated heterocycles. The first kappa shape index (κ1) is 18.4. The lowest BCUT2D eigenvalue weighted by molar-refractivity contribution is 0.0138. The third kappa shape index (κ3) is 2.42. The molecule has 0 unspecified atom stereocenters. The fourth-order valence-corrected chi connectivity index (χ4v) is 4.67. The van der Waals surface area contributed by atoms with Crippen LogP contribution in [-0.4, -0.2) is 10.1 Å². The Hall–Kier alpha value is -3.59. The third-order valence-corrected chi connectivity index (χ3v) is 6.11. The lowest BCUT2D eigenvalue weighted by atomic mass is 9.69. The van der Waals surface area contributed by atoms with Crippen molar-refractivity contribution in [3.63, 3.8) is 0 Å². The number of hydrogen-bond donors (Lipinski definition) is 3. The predicted molar refractivity (Wildman–Crippen MR) is 112 cm³/mol. The van der Waals surface area contributed by atoms with Crippen LogP contribution in [-0.2, 0) is 5.72 Å². The summed E-state index contributed by atoms with van der Waals surface area (Å²) < 4.78 is 6.78. The number of nitrogens with two attached hydrogens (primary N) is 1. The number of rotatable bonds is 1. The van der Waals surface area contributed by atoms with Crippen LogP contribution in [0.4, 0.5) is 11.5 Å². The number of hydrogen-bond acceptors (Lipinski definition) is 7. The van der Waals surface area contributed by atoms with E-state index in [9.17, 15) is 15.6 Å². The highest BCUT2D eigenvalue weighted by atomic mass is 79.9. The first-order valence-corrected chi connectivity index (χ1v) is 9.93. The third-order valence-electron chi connectivity index (χ3n) is 5.62. The highest BCUT2D eigenvalue weighted by molar-refractivity contribution is 9.10. The minimum Gasteiger partial charge on any atom is -0.438 e. The highest BCUT2D eigenvalue weighted by Gasteiger charge is 2.53. The second kappa shape index (κ2) is 6.46. The Bertz CT molecular complexity index is 1280. The SMILES string of the molecule is N#Cc1c(N)nc2c3c1N[C@@](O)(c1ccccc1)[C@H](C#N)[C@@H]3c1cc(Br)ccc1O2. The van der Waals surface area contributed by atoms with Gasteiger partial charge in [-0.05, 0) is 18.2 Å². The lowest BCUT2D eigenvalue weighted by Gasteiger charge is -2.46. The van der Waals surface area contributed by atoms with Crippen molar-refractivity contribution in [2.45, 2.75) is 11.6 Å². The van der Waals surface area contributed by atoms with E-state index in [2.05, 4.69) is 38.4 Å². The van der Waals surface area contributed by atoms with Crippen molar-refractivity contribution in [2.75, 3.05) is 11.1 Å². The number of anilines is 2. The number of nitrogens with one attached hydrogen (secondary N) is 1. The van der Waals surface area contributed by atoms with Crippen LogP contribution in [0, 0.1) is 28.6 Å². The summed E-state index contributed by atoms with van der Waals surface area (Å²) in [5, 5.41) is 34.8. The van der Waals surface area contributed by atoms with Crippen LogP contribution < -0.4 is 15.8 Å². The molecule has 0 fully saturated rings. The van der Waals surface area contributed by atoms with E-state index < -0.39 is 17.6 Å². The maximum atomic E-state index is 11.8. The zero-order chi connectivity index (χ0) is 21.0. The minimum atomic E-state index is -1.76. The maximum Gasteiger partial charge on any atom is 0.227 e. The van der Waals surface area contributed by atoms with Gasteiger partial charge >= 0.3 is 0 Å². The largest absolute Gasteiger partial charge is 0.438 e. The van der Waals surface area contributed by atoms with Gasteiger partial charge < -0.3 is 20.9 Å². The zero-order valence-electron chi connectivity index (χ0n) is 15.4. The molecule has 8 heteroatoms. The van der Waals surface area contributed by atoms with Crippen LogP contribution in [0.25, 0.3) is 0 Å². The highest BCUT2D eigenvalue weighted by Crippen LogP contribution is 2.58. The molecular formula is C22H14BrN5O2. The zero-order valence-corrected chi connectivity index (χ0v) is 17.0. The molecule has 0 amide bonds. The monoisotopic (exact) mass is 459 g/mol. The number of aromatic nitrogens is 1. The van der Waals surface area contributed by atoms with Gasteiger partial charge in [0.2, 0.25) is 5.88 Å². The molecule has 3 aromatic rings. The molecule has 0 aliphatic carbocycles. The van der Waals surface area contributed by atoms with Gasteiger partial charge in [-0.15, -0.1) is 0 Å². The summed E-state index contributed by atoms with van der Waals surface area (Å²) in [5.41, 5.74) is 6.46. The molecule has 2 aromatic carbocycles. The number of nitrogens with zero attached hydrogens (tertiary/aromatic N) is 3. The molecule has 30 heavy (non-hydrogen) atoms. The maximum absolute atomic E-state index is 11.8. The number of nitrogen functional groups attached to an aromatic ring is 1. The topological polar surface area (TPSA) is 128 Å². The standard InChI is InChI=1S/C22H14BrN5O2/c23-12-6-7-16-13(8-12)17-15(10-25)22(29,11-4-2-1-3-5-11)28-19-14(9-24)20(26)27-21(30-16)18(17)19/h1-8,15,17,28-29H,(H2,26,27)/t15-,17+,22-/m1/s1. The van der Waals surface area contributed by atoms with Gasteiger partial charge in [-0.2, -0.15) is 15.5 Å². The number of benzene rings is 2.